The molecule has 1 atom stereocenters. The van der Waals surface area contributed by atoms with E-state index in [2.05, 4.69) is 0 Å². The minimum atomic E-state index is -3.30. The van der Waals surface area contributed by atoms with Crippen molar-refractivity contribution in [2.75, 3.05) is 24.9 Å². The number of nitrogens with zero attached hydrogens (tertiary/aromatic N) is 1. The molecular weight excluding hydrogens is 330 g/mol. The molecule has 2 rings (SSSR count). The summed E-state index contributed by atoms with van der Waals surface area (Å²) < 4.78 is 34.2. The lowest BCUT2D eigenvalue weighted by Gasteiger charge is -2.34. The zero-order valence-corrected chi connectivity index (χ0v) is 15.4. The molecule has 1 aromatic carbocycles. The van der Waals surface area contributed by atoms with Crippen LogP contribution in [-0.2, 0) is 14.6 Å². The van der Waals surface area contributed by atoms with Gasteiger partial charge in [-0.25, -0.2) is 8.42 Å². The topological polar surface area (TPSA) is 72.9 Å². The molecule has 6 nitrogen and oxygen atoms in total. The van der Waals surface area contributed by atoms with E-state index in [1.807, 2.05) is 0 Å². The van der Waals surface area contributed by atoms with Crippen LogP contribution in [0, 0.1) is 5.41 Å². The highest BCUT2D eigenvalue weighted by Gasteiger charge is 2.37. The molecule has 1 aliphatic rings. The van der Waals surface area contributed by atoms with E-state index >= 15 is 0 Å². The van der Waals surface area contributed by atoms with Crippen molar-refractivity contribution < 1.29 is 22.7 Å². The van der Waals surface area contributed by atoms with Crippen LogP contribution in [-0.4, -0.2) is 40.3 Å². The Kier molecular flexibility index (Phi) is 4.94. The van der Waals surface area contributed by atoms with Crippen molar-refractivity contribution in [2.45, 2.75) is 26.8 Å². The third-order valence-corrected chi connectivity index (χ3v) is 5.13. The van der Waals surface area contributed by atoms with Gasteiger partial charge in [-0.2, -0.15) is 0 Å². The minimum absolute atomic E-state index is 0.135. The molecule has 1 heterocycles. The normalized spacial score (nSPS) is 19.1. The summed E-state index contributed by atoms with van der Waals surface area (Å²) in [7, 11) is -0.260. The predicted molar refractivity (Wildman–Crippen MR) is 93.2 cm³/mol. The Morgan fingerprint density at radius 3 is 2.33 bits per heavy atom. The maximum atomic E-state index is 13.0. The van der Waals surface area contributed by atoms with Gasteiger partial charge in [-0.3, -0.25) is 4.79 Å². The van der Waals surface area contributed by atoms with E-state index in [0.29, 0.717) is 17.2 Å². The SMILES string of the molecule is COc1ccc(N(C(=O)C(C)(C)C)[C@@H]2C=CS(=O)(=O)C2)c(OC)c1. The standard InChI is InChI=1S/C17H23NO5S/c1-17(2,3)16(19)18(12-8-9-24(20,21)11-12)14-7-6-13(22-4)10-15(14)23-5/h6-10,12H,11H2,1-5H3/t12-/m1/s1. The second kappa shape index (κ2) is 6.47. The summed E-state index contributed by atoms with van der Waals surface area (Å²) in [5, 5.41) is 1.16. The quantitative estimate of drug-likeness (QED) is 0.831. The lowest BCUT2D eigenvalue weighted by atomic mass is 9.93. The van der Waals surface area contributed by atoms with Gasteiger partial charge in [0.2, 0.25) is 5.91 Å². The molecule has 0 bridgehead atoms. The molecule has 24 heavy (non-hydrogen) atoms. The molecular formula is C17H23NO5S. The second-order valence-electron chi connectivity index (χ2n) is 6.69. The summed E-state index contributed by atoms with van der Waals surface area (Å²) in [6.07, 6.45) is 1.54. The van der Waals surface area contributed by atoms with Crippen LogP contribution in [0.15, 0.2) is 29.7 Å². The van der Waals surface area contributed by atoms with Crippen molar-refractivity contribution in [1.82, 2.24) is 0 Å². The van der Waals surface area contributed by atoms with E-state index in [4.69, 9.17) is 9.47 Å². The number of rotatable bonds is 4. The highest BCUT2D eigenvalue weighted by molar-refractivity contribution is 7.94. The maximum Gasteiger partial charge on any atom is 0.233 e. The van der Waals surface area contributed by atoms with Gasteiger partial charge < -0.3 is 14.4 Å². The molecule has 1 aliphatic heterocycles. The molecule has 0 spiro atoms. The maximum absolute atomic E-state index is 13.0. The van der Waals surface area contributed by atoms with Crippen LogP contribution in [0.25, 0.3) is 0 Å². The van der Waals surface area contributed by atoms with Crippen LogP contribution >= 0.6 is 0 Å². The number of carbonyl (C=O) groups excluding carboxylic acids is 1. The Labute approximate surface area is 143 Å². The lowest BCUT2D eigenvalue weighted by molar-refractivity contribution is -0.126. The third kappa shape index (κ3) is 3.72. The van der Waals surface area contributed by atoms with E-state index in [0.717, 1.165) is 5.41 Å². The fraction of sp³-hybridized carbons (Fsp3) is 0.471. The molecule has 0 fully saturated rings. The highest BCUT2D eigenvalue weighted by atomic mass is 32.2. The molecule has 0 unspecified atom stereocenters. The molecule has 0 aliphatic carbocycles. The molecule has 0 saturated heterocycles. The summed E-state index contributed by atoms with van der Waals surface area (Å²) in [6, 6.07) is 4.53. The van der Waals surface area contributed by atoms with Crippen molar-refractivity contribution in [1.29, 1.82) is 0 Å². The third-order valence-electron chi connectivity index (χ3n) is 3.75. The number of sulfone groups is 1. The molecule has 132 valence electrons. The summed E-state index contributed by atoms with van der Waals surface area (Å²) in [4.78, 5) is 14.5. The van der Waals surface area contributed by atoms with Gasteiger partial charge in [-0.1, -0.05) is 20.8 Å². The van der Waals surface area contributed by atoms with E-state index in [-0.39, 0.29) is 11.7 Å². The smallest absolute Gasteiger partial charge is 0.233 e. The number of amides is 1. The van der Waals surface area contributed by atoms with Crippen LogP contribution in [0.2, 0.25) is 0 Å². The first-order valence-electron chi connectivity index (χ1n) is 7.55. The van der Waals surface area contributed by atoms with Gasteiger partial charge in [0.05, 0.1) is 31.7 Å². The molecule has 0 N–H and O–H groups in total. The fourth-order valence-corrected chi connectivity index (χ4v) is 3.77. The summed E-state index contributed by atoms with van der Waals surface area (Å²) >= 11 is 0. The summed E-state index contributed by atoms with van der Waals surface area (Å²) in [5.74, 6) is 0.722. The van der Waals surface area contributed by atoms with Crippen LogP contribution < -0.4 is 14.4 Å². The van der Waals surface area contributed by atoms with Crippen molar-refractivity contribution in [2.24, 2.45) is 5.41 Å². The van der Waals surface area contributed by atoms with E-state index < -0.39 is 21.3 Å². The fourth-order valence-electron chi connectivity index (χ4n) is 2.50. The Morgan fingerprint density at radius 2 is 1.88 bits per heavy atom. The summed E-state index contributed by atoms with van der Waals surface area (Å²) in [5.41, 5.74) is -0.157. The molecule has 7 heteroatoms. The van der Waals surface area contributed by atoms with Crippen LogP contribution in [0.4, 0.5) is 5.69 Å². The van der Waals surface area contributed by atoms with Gasteiger partial charge in [-0.15, -0.1) is 0 Å². The highest BCUT2D eigenvalue weighted by Crippen LogP contribution is 2.37. The van der Waals surface area contributed by atoms with E-state index in [1.165, 1.54) is 12.0 Å². The molecule has 1 amide bonds. The number of benzene rings is 1. The van der Waals surface area contributed by atoms with Gasteiger partial charge >= 0.3 is 0 Å². The summed E-state index contributed by atoms with van der Waals surface area (Å²) in [6.45, 7) is 5.39. The van der Waals surface area contributed by atoms with Crippen molar-refractivity contribution >= 4 is 21.4 Å². The second-order valence-corrected chi connectivity index (χ2v) is 8.62. The van der Waals surface area contributed by atoms with Gasteiger partial charge in [-0.05, 0) is 18.2 Å². The molecule has 0 aromatic heterocycles. The molecule has 1 aromatic rings. The number of anilines is 1. The lowest BCUT2D eigenvalue weighted by Crippen LogP contribution is -2.46. The average molecular weight is 353 g/mol. The first kappa shape index (κ1) is 18.3. The first-order chi connectivity index (χ1) is 11.1. The van der Waals surface area contributed by atoms with Gasteiger partial charge in [0.1, 0.15) is 11.5 Å². The largest absolute Gasteiger partial charge is 0.497 e. The number of ether oxygens (including phenoxy) is 2. The average Bonchev–Trinajstić information content (AvgIpc) is 2.86. The number of hydrogen-bond donors (Lipinski definition) is 0. The first-order valence-corrected chi connectivity index (χ1v) is 9.27. The Balaban J connectivity index is 2.55. The van der Waals surface area contributed by atoms with Crippen LogP contribution in [0.5, 0.6) is 11.5 Å². The Morgan fingerprint density at radius 1 is 1.21 bits per heavy atom. The van der Waals surface area contributed by atoms with Crippen molar-refractivity contribution in [3.05, 3.63) is 29.7 Å². The molecule has 0 saturated carbocycles. The van der Waals surface area contributed by atoms with Gasteiger partial charge in [0.15, 0.2) is 9.84 Å². The van der Waals surface area contributed by atoms with Crippen LogP contribution in [0.1, 0.15) is 20.8 Å². The van der Waals surface area contributed by atoms with Crippen LogP contribution in [0.3, 0.4) is 0 Å². The van der Waals surface area contributed by atoms with Crippen molar-refractivity contribution in [3.8, 4) is 11.5 Å². The van der Waals surface area contributed by atoms with Gasteiger partial charge in [0.25, 0.3) is 0 Å². The monoisotopic (exact) mass is 353 g/mol. The zero-order valence-electron chi connectivity index (χ0n) is 14.6. The number of methoxy groups -OCH3 is 2. The number of hydrogen-bond acceptors (Lipinski definition) is 5. The van der Waals surface area contributed by atoms with E-state index in [9.17, 15) is 13.2 Å². The Bertz CT molecular complexity index is 762. The minimum Gasteiger partial charge on any atom is -0.497 e. The molecule has 0 radical (unpaired) electrons. The number of carbonyl (C=O) groups is 1. The van der Waals surface area contributed by atoms with Crippen molar-refractivity contribution in [3.63, 3.8) is 0 Å². The van der Waals surface area contributed by atoms with Gasteiger partial charge in [0, 0.05) is 16.9 Å². The zero-order chi connectivity index (χ0) is 18.1. The Hall–Kier alpha value is -2.02. The van der Waals surface area contributed by atoms with E-state index in [1.54, 1.807) is 52.2 Å². The predicted octanol–water partition coefficient (Wildman–Crippen LogP) is 2.39.